The normalized spacial score (nSPS) is 34.6. The molecule has 0 radical (unpaired) electrons. The minimum Gasteiger partial charge on any atom is -0.465 e. The summed E-state index contributed by atoms with van der Waals surface area (Å²) in [5, 5.41) is 10.4. The van der Waals surface area contributed by atoms with Gasteiger partial charge < -0.3 is 24.4 Å². The number of anilines is 1. The van der Waals surface area contributed by atoms with Gasteiger partial charge in [-0.3, -0.25) is 14.4 Å². The van der Waals surface area contributed by atoms with Crippen LogP contribution in [0, 0.1) is 31.6 Å². The number of carbonyl (C=O) groups excluding carboxylic acids is 3. The number of ether oxygens (including phenoxy) is 2. The fourth-order valence-corrected chi connectivity index (χ4v) is 6.98. The Bertz CT molecular complexity index is 1190. The molecule has 0 aliphatic carbocycles. The molecule has 1 aromatic carbocycles. The van der Waals surface area contributed by atoms with Crippen molar-refractivity contribution in [2.24, 2.45) is 17.8 Å². The van der Waals surface area contributed by atoms with Crippen molar-refractivity contribution in [1.29, 1.82) is 0 Å². The minimum atomic E-state index is -1.39. The van der Waals surface area contributed by atoms with Gasteiger partial charge in [0.1, 0.15) is 17.6 Å². The molecule has 8 nitrogen and oxygen atoms in total. The predicted octanol–water partition coefficient (Wildman–Crippen LogP) is 3.09. The number of aliphatic hydroxyl groups excluding tert-OH is 1. The van der Waals surface area contributed by atoms with Crippen LogP contribution >= 0.6 is 0 Å². The van der Waals surface area contributed by atoms with Gasteiger partial charge in [0.05, 0.1) is 30.8 Å². The van der Waals surface area contributed by atoms with E-state index in [0.717, 1.165) is 23.2 Å². The van der Waals surface area contributed by atoms with Crippen LogP contribution in [0.15, 0.2) is 42.5 Å². The number of hydrogen-bond donors (Lipinski definition) is 1. The molecule has 2 fully saturated rings. The standard InChI is InChI=1S/C30H38N2O6/c1-18(2)21(17-33)32-25-27(35)31(24-19(3)11-9-12-20(24)4)15-10-14-30(25)22(26(32)34)23-28(36)37-16-8-6-7-13-29(23,5)38-30/h7,9-14,18,21-23,25,33H,6,8,15-17H2,1-5H3/b13-7-/t21-,22-,23-,25?,29+,30-/m0/s1. The Morgan fingerprint density at radius 3 is 2.42 bits per heavy atom. The van der Waals surface area contributed by atoms with Gasteiger partial charge in [0.25, 0.3) is 5.91 Å². The Hall–Kier alpha value is -2.97. The van der Waals surface area contributed by atoms with Crippen LogP contribution in [0.25, 0.3) is 0 Å². The molecule has 0 aromatic heterocycles. The molecule has 1 N–H and O–H groups in total. The molecule has 4 heterocycles. The fourth-order valence-electron chi connectivity index (χ4n) is 6.98. The van der Waals surface area contributed by atoms with Crippen LogP contribution in [0.2, 0.25) is 0 Å². The first-order chi connectivity index (χ1) is 18.1. The van der Waals surface area contributed by atoms with Crippen LogP contribution in [-0.2, 0) is 23.9 Å². The van der Waals surface area contributed by atoms with Crippen molar-refractivity contribution in [3.63, 3.8) is 0 Å². The summed E-state index contributed by atoms with van der Waals surface area (Å²) < 4.78 is 12.5. The van der Waals surface area contributed by atoms with Crippen molar-refractivity contribution >= 4 is 23.5 Å². The molecular formula is C30H38N2O6. The molecule has 1 aromatic rings. The second kappa shape index (κ2) is 9.65. The summed E-state index contributed by atoms with van der Waals surface area (Å²) in [6.07, 6.45) is 8.94. The first-order valence-corrected chi connectivity index (χ1v) is 13.6. The Kier molecular flexibility index (Phi) is 6.76. The van der Waals surface area contributed by atoms with E-state index in [2.05, 4.69) is 0 Å². The number of nitrogens with zero attached hydrogens (tertiary/aromatic N) is 2. The number of aryl methyl sites for hydroxylation is 2. The number of para-hydroxylation sites is 1. The van der Waals surface area contributed by atoms with Crippen molar-refractivity contribution in [3.8, 4) is 0 Å². The van der Waals surface area contributed by atoms with Crippen LogP contribution in [0.3, 0.4) is 0 Å². The van der Waals surface area contributed by atoms with Crippen LogP contribution in [0.5, 0.6) is 0 Å². The molecule has 4 aliphatic heterocycles. The largest absolute Gasteiger partial charge is 0.465 e. The van der Waals surface area contributed by atoms with Gasteiger partial charge in [0.15, 0.2) is 0 Å². The van der Waals surface area contributed by atoms with Gasteiger partial charge in [0.2, 0.25) is 5.91 Å². The third-order valence-electron chi connectivity index (χ3n) is 8.71. The number of benzene rings is 1. The van der Waals surface area contributed by atoms with E-state index in [1.54, 1.807) is 11.8 Å². The first-order valence-electron chi connectivity index (χ1n) is 13.6. The summed E-state index contributed by atoms with van der Waals surface area (Å²) in [5.74, 6) is -3.15. The lowest BCUT2D eigenvalue weighted by molar-refractivity contribution is -0.160. The first kappa shape index (κ1) is 26.6. The van der Waals surface area contributed by atoms with E-state index in [-0.39, 0.29) is 30.9 Å². The zero-order valence-electron chi connectivity index (χ0n) is 22.8. The molecule has 38 heavy (non-hydrogen) atoms. The number of esters is 1. The third-order valence-corrected chi connectivity index (χ3v) is 8.71. The molecule has 1 unspecified atom stereocenters. The molecule has 2 amide bonds. The van der Waals surface area contributed by atoms with Crippen molar-refractivity contribution < 1.29 is 29.0 Å². The molecule has 4 aliphatic rings. The Morgan fingerprint density at radius 1 is 1.05 bits per heavy atom. The maximum atomic E-state index is 14.6. The van der Waals surface area contributed by atoms with E-state index in [9.17, 15) is 19.5 Å². The van der Waals surface area contributed by atoms with Crippen LogP contribution in [0.1, 0.15) is 44.7 Å². The van der Waals surface area contributed by atoms with E-state index in [0.29, 0.717) is 13.0 Å². The van der Waals surface area contributed by atoms with Crippen molar-refractivity contribution in [2.75, 3.05) is 24.7 Å². The number of carbonyl (C=O) groups is 3. The van der Waals surface area contributed by atoms with Crippen molar-refractivity contribution in [3.05, 3.63) is 53.6 Å². The number of hydrogen-bond acceptors (Lipinski definition) is 6. The van der Waals surface area contributed by atoms with Crippen LogP contribution < -0.4 is 4.90 Å². The minimum absolute atomic E-state index is 0.132. The van der Waals surface area contributed by atoms with Gasteiger partial charge in [-0.1, -0.05) is 56.4 Å². The van der Waals surface area contributed by atoms with Gasteiger partial charge in [-0.05, 0) is 50.7 Å². The monoisotopic (exact) mass is 522 g/mol. The summed E-state index contributed by atoms with van der Waals surface area (Å²) in [6, 6.07) is 4.20. The number of allylic oxidation sites excluding steroid dienone is 1. The van der Waals surface area contributed by atoms with Gasteiger partial charge in [-0.2, -0.15) is 0 Å². The molecule has 2 saturated heterocycles. The summed E-state index contributed by atoms with van der Waals surface area (Å²) in [6.45, 7) is 9.81. The van der Waals surface area contributed by atoms with Gasteiger partial charge in [0, 0.05) is 12.2 Å². The van der Waals surface area contributed by atoms with Gasteiger partial charge in [-0.15, -0.1) is 0 Å². The summed E-state index contributed by atoms with van der Waals surface area (Å²) >= 11 is 0. The average Bonchev–Trinajstić information content (AvgIpc) is 3.20. The second-order valence-corrected chi connectivity index (χ2v) is 11.5. The van der Waals surface area contributed by atoms with Crippen LogP contribution in [0.4, 0.5) is 5.69 Å². The van der Waals surface area contributed by atoms with Crippen LogP contribution in [-0.4, -0.2) is 70.8 Å². The lowest BCUT2D eigenvalue weighted by Gasteiger charge is -2.41. The van der Waals surface area contributed by atoms with E-state index < -0.39 is 41.1 Å². The predicted molar refractivity (Wildman–Crippen MR) is 142 cm³/mol. The summed E-state index contributed by atoms with van der Waals surface area (Å²) in [5.41, 5.74) is 0.176. The highest BCUT2D eigenvalue weighted by atomic mass is 16.6. The van der Waals surface area contributed by atoms with E-state index in [1.165, 1.54) is 4.90 Å². The molecule has 5 rings (SSSR count). The smallest absolute Gasteiger partial charge is 0.313 e. The Morgan fingerprint density at radius 2 is 1.76 bits per heavy atom. The van der Waals surface area contributed by atoms with Gasteiger partial charge in [-0.25, -0.2) is 0 Å². The molecule has 8 heteroatoms. The van der Waals surface area contributed by atoms with Crippen molar-refractivity contribution in [2.45, 2.75) is 70.7 Å². The number of cyclic esters (lactones) is 1. The highest BCUT2D eigenvalue weighted by Crippen LogP contribution is 2.58. The summed E-state index contributed by atoms with van der Waals surface area (Å²) in [7, 11) is 0. The van der Waals surface area contributed by atoms with E-state index >= 15 is 0 Å². The summed E-state index contributed by atoms with van der Waals surface area (Å²) in [4.78, 5) is 45.8. The average molecular weight is 523 g/mol. The number of amides is 2. The molecular weight excluding hydrogens is 484 g/mol. The zero-order valence-corrected chi connectivity index (χ0v) is 22.8. The third kappa shape index (κ3) is 3.83. The molecule has 1 spiro atoms. The molecule has 204 valence electrons. The Balaban J connectivity index is 1.72. The number of rotatable bonds is 4. The highest BCUT2D eigenvalue weighted by molar-refractivity contribution is 6.06. The van der Waals surface area contributed by atoms with Gasteiger partial charge >= 0.3 is 5.97 Å². The fraction of sp³-hybridized carbons (Fsp3) is 0.567. The molecule has 0 saturated carbocycles. The maximum Gasteiger partial charge on any atom is 0.313 e. The Labute approximate surface area is 224 Å². The number of likely N-dealkylation sites (tertiary alicyclic amines) is 1. The highest BCUT2D eigenvalue weighted by Gasteiger charge is 2.75. The van der Waals surface area contributed by atoms with Crippen molar-refractivity contribution in [1.82, 2.24) is 4.90 Å². The van der Waals surface area contributed by atoms with E-state index in [4.69, 9.17) is 9.47 Å². The quantitative estimate of drug-likeness (QED) is 0.482. The number of fused-ring (bicyclic) bond motifs is 2. The maximum absolute atomic E-state index is 14.6. The molecule has 0 bridgehead atoms. The lowest BCUT2D eigenvalue weighted by atomic mass is 9.74. The zero-order chi connectivity index (χ0) is 27.4. The topological polar surface area (TPSA) is 96.4 Å². The SMILES string of the molecule is Cc1cccc(C)c1N1CC=C[C@]23O[C@]4(C)/C=C\CCCOC(=O)[C@@H]4[C@H]2C(=O)N([C@@H](CO)C(C)C)C3C1=O. The lowest BCUT2D eigenvalue weighted by Crippen LogP contribution is -2.60. The molecule has 6 atom stereocenters. The second-order valence-electron chi connectivity index (χ2n) is 11.5. The number of aliphatic hydroxyl groups is 1. The van der Waals surface area contributed by atoms with E-state index in [1.807, 2.05) is 70.2 Å².